The SMILES string of the molecule is C(=C\c1c(-c2ccccc2)cc2ccccn12)/c1c(-c2ccccc2)cc2ccccn12. The van der Waals surface area contributed by atoms with Crippen LogP contribution >= 0.6 is 0 Å². The van der Waals surface area contributed by atoms with Gasteiger partial charge < -0.3 is 8.80 Å². The van der Waals surface area contributed by atoms with E-state index < -0.39 is 0 Å². The van der Waals surface area contributed by atoms with Crippen LogP contribution in [-0.4, -0.2) is 8.80 Å². The Morgan fingerprint density at radius 2 is 0.844 bits per heavy atom. The highest BCUT2D eigenvalue weighted by molar-refractivity contribution is 5.88. The van der Waals surface area contributed by atoms with Gasteiger partial charge >= 0.3 is 0 Å². The van der Waals surface area contributed by atoms with Gasteiger partial charge in [-0.15, -0.1) is 0 Å². The molecule has 4 heterocycles. The van der Waals surface area contributed by atoms with Gasteiger partial charge in [-0.2, -0.15) is 0 Å². The predicted molar refractivity (Wildman–Crippen MR) is 135 cm³/mol. The molecule has 4 aromatic heterocycles. The molecule has 6 rings (SSSR count). The van der Waals surface area contributed by atoms with Crippen molar-refractivity contribution in [3.63, 3.8) is 0 Å². The molecule has 0 amide bonds. The number of rotatable bonds is 4. The monoisotopic (exact) mass is 410 g/mol. The van der Waals surface area contributed by atoms with Crippen LogP contribution < -0.4 is 0 Å². The van der Waals surface area contributed by atoms with E-state index in [0.717, 1.165) is 0 Å². The molecule has 0 bridgehead atoms. The summed E-state index contributed by atoms with van der Waals surface area (Å²) < 4.78 is 4.52. The Labute approximate surface area is 187 Å². The lowest BCUT2D eigenvalue weighted by Gasteiger charge is -2.05. The first-order chi connectivity index (χ1) is 15.9. The van der Waals surface area contributed by atoms with E-state index in [9.17, 15) is 0 Å². The molecular weight excluding hydrogens is 388 g/mol. The molecule has 0 radical (unpaired) electrons. The van der Waals surface area contributed by atoms with Gasteiger partial charge in [0.1, 0.15) is 0 Å². The fourth-order valence-corrected chi connectivity index (χ4v) is 4.49. The molecule has 0 fully saturated rings. The van der Waals surface area contributed by atoms with Gasteiger partial charge in [0, 0.05) is 34.6 Å². The van der Waals surface area contributed by atoms with E-state index in [1.807, 2.05) is 0 Å². The third kappa shape index (κ3) is 3.14. The lowest BCUT2D eigenvalue weighted by molar-refractivity contribution is 1.17. The zero-order valence-electron chi connectivity index (χ0n) is 17.6. The summed E-state index contributed by atoms with van der Waals surface area (Å²) in [6.45, 7) is 0. The third-order valence-electron chi connectivity index (χ3n) is 6.01. The topological polar surface area (TPSA) is 8.82 Å². The van der Waals surface area contributed by atoms with Crippen LogP contribution in [0.5, 0.6) is 0 Å². The van der Waals surface area contributed by atoms with Crippen molar-refractivity contribution >= 4 is 23.2 Å². The van der Waals surface area contributed by atoms with Gasteiger partial charge in [0.15, 0.2) is 0 Å². The van der Waals surface area contributed by atoms with E-state index in [-0.39, 0.29) is 0 Å². The van der Waals surface area contributed by atoms with E-state index in [0.29, 0.717) is 0 Å². The van der Waals surface area contributed by atoms with Crippen LogP contribution in [0.25, 0.3) is 45.4 Å². The van der Waals surface area contributed by atoms with Gasteiger partial charge in [0.25, 0.3) is 0 Å². The van der Waals surface area contributed by atoms with E-state index >= 15 is 0 Å². The van der Waals surface area contributed by atoms with E-state index in [2.05, 4.69) is 143 Å². The number of hydrogen-bond donors (Lipinski definition) is 0. The first-order valence-electron chi connectivity index (χ1n) is 10.9. The maximum Gasteiger partial charge on any atom is 0.0535 e. The number of benzene rings is 2. The molecule has 2 heteroatoms. The van der Waals surface area contributed by atoms with Crippen LogP contribution in [0.3, 0.4) is 0 Å². The predicted octanol–water partition coefficient (Wildman–Crippen LogP) is 7.70. The van der Waals surface area contributed by atoms with Crippen molar-refractivity contribution in [3.05, 3.63) is 133 Å². The Bertz CT molecular complexity index is 1430. The smallest absolute Gasteiger partial charge is 0.0535 e. The lowest BCUT2D eigenvalue weighted by Crippen LogP contribution is -1.90. The molecule has 0 aliphatic rings. The molecule has 2 aromatic carbocycles. The van der Waals surface area contributed by atoms with Gasteiger partial charge in [-0.3, -0.25) is 0 Å². The molecule has 0 N–H and O–H groups in total. The normalized spacial score (nSPS) is 11.6. The van der Waals surface area contributed by atoms with Gasteiger partial charge in [-0.25, -0.2) is 0 Å². The first kappa shape index (κ1) is 18.5. The first-order valence-corrected chi connectivity index (χ1v) is 10.9. The van der Waals surface area contributed by atoms with Crippen molar-refractivity contribution in [2.45, 2.75) is 0 Å². The Kier molecular flexibility index (Phi) is 4.47. The number of fused-ring (bicyclic) bond motifs is 2. The highest BCUT2D eigenvalue weighted by Crippen LogP contribution is 2.32. The van der Waals surface area contributed by atoms with E-state index in [1.54, 1.807) is 0 Å². The minimum absolute atomic E-state index is 1.18. The molecule has 0 saturated heterocycles. The summed E-state index contributed by atoms with van der Waals surface area (Å²) in [4.78, 5) is 0. The molecule has 0 aliphatic carbocycles. The van der Waals surface area contributed by atoms with E-state index in [1.165, 1.54) is 44.7 Å². The molecule has 0 unspecified atom stereocenters. The summed E-state index contributed by atoms with van der Waals surface area (Å²) in [7, 11) is 0. The van der Waals surface area contributed by atoms with Crippen LogP contribution in [0.15, 0.2) is 122 Å². The molecule has 0 saturated carbocycles. The van der Waals surface area contributed by atoms with E-state index in [4.69, 9.17) is 0 Å². The average molecular weight is 411 g/mol. The number of hydrogen-bond acceptors (Lipinski definition) is 0. The molecule has 32 heavy (non-hydrogen) atoms. The highest BCUT2D eigenvalue weighted by Gasteiger charge is 2.12. The maximum atomic E-state index is 2.27. The minimum Gasteiger partial charge on any atom is -0.317 e. The number of aromatic nitrogens is 2. The molecule has 0 atom stereocenters. The Hall–Kier alpha value is -4.30. The molecule has 6 aromatic rings. The highest BCUT2D eigenvalue weighted by atomic mass is 14.9. The average Bonchev–Trinajstić information content (AvgIpc) is 3.42. The van der Waals surface area contributed by atoms with Crippen molar-refractivity contribution in [3.8, 4) is 22.3 Å². The van der Waals surface area contributed by atoms with Crippen molar-refractivity contribution < 1.29 is 0 Å². The van der Waals surface area contributed by atoms with Gasteiger partial charge in [0.05, 0.1) is 11.4 Å². The summed E-state index contributed by atoms with van der Waals surface area (Å²) >= 11 is 0. The Balaban J connectivity index is 1.57. The maximum absolute atomic E-state index is 2.27. The van der Waals surface area contributed by atoms with Gasteiger partial charge in [0.2, 0.25) is 0 Å². The van der Waals surface area contributed by atoms with Crippen LogP contribution in [0.4, 0.5) is 0 Å². The Morgan fingerprint density at radius 3 is 1.28 bits per heavy atom. The molecule has 152 valence electrons. The second kappa shape index (κ2) is 7.75. The zero-order chi connectivity index (χ0) is 21.3. The largest absolute Gasteiger partial charge is 0.317 e. The Morgan fingerprint density at radius 1 is 0.438 bits per heavy atom. The minimum atomic E-state index is 1.18. The second-order valence-electron chi connectivity index (χ2n) is 7.94. The second-order valence-corrected chi connectivity index (χ2v) is 7.94. The summed E-state index contributed by atoms with van der Waals surface area (Å²) in [6.07, 6.45) is 8.76. The third-order valence-corrected chi connectivity index (χ3v) is 6.01. The molecular formula is C30H22N2. The summed E-state index contributed by atoms with van der Waals surface area (Å²) in [5, 5.41) is 0. The standard InChI is InChI=1S/C30H22N2/c1-3-11-23(12-4-1)27-21-25-15-7-9-19-31(25)29(27)17-18-30-28(24-13-5-2-6-14-24)22-26-16-8-10-20-32(26)30/h1-22H/b18-17+. The zero-order valence-corrected chi connectivity index (χ0v) is 17.6. The molecule has 0 spiro atoms. The summed E-state index contributed by atoms with van der Waals surface area (Å²) in [5.41, 5.74) is 9.64. The fourth-order valence-electron chi connectivity index (χ4n) is 4.49. The lowest BCUT2D eigenvalue weighted by atomic mass is 10.0. The van der Waals surface area contributed by atoms with Gasteiger partial charge in [-0.05, 0) is 59.7 Å². The van der Waals surface area contributed by atoms with Crippen molar-refractivity contribution in [2.24, 2.45) is 0 Å². The van der Waals surface area contributed by atoms with Crippen LogP contribution in [0.1, 0.15) is 11.4 Å². The fraction of sp³-hybridized carbons (Fsp3) is 0. The molecule has 2 nitrogen and oxygen atoms in total. The van der Waals surface area contributed by atoms with Crippen LogP contribution in [0, 0.1) is 0 Å². The van der Waals surface area contributed by atoms with Crippen LogP contribution in [0.2, 0.25) is 0 Å². The summed E-state index contributed by atoms with van der Waals surface area (Å²) in [5.74, 6) is 0. The summed E-state index contributed by atoms with van der Waals surface area (Å²) in [6, 6.07) is 38.4. The number of nitrogens with zero attached hydrogens (tertiary/aromatic N) is 2. The number of pyridine rings is 2. The van der Waals surface area contributed by atoms with Crippen molar-refractivity contribution in [2.75, 3.05) is 0 Å². The molecule has 0 aliphatic heterocycles. The van der Waals surface area contributed by atoms with Crippen molar-refractivity contribution in [1.82, 2.24) is 8.80 Å². The van der Waals surface area contributed by atoms with Gasteiger partial charge in [-0.1, -0.05) is 72.8 Å². The quantitative estimate of drug-likeness (QED) is 0.282. The van der Waals surface area contributed by atoms with Crippen molar-refractivity contribution in [1.29, 1.82) is 0 Å². The van der Waals surface area contributed by atoms with Crippen LogP contribution in [-0.2, 0) is 0 Å².